The summed E-state index contributed by atoms with van der Waals surface area (Å²) in [6, 6.07) is 1.92. The lowest BCUT2D eigenvalue weighted by Crippen LogP contribution is -2.11. The number of carbonyl (C=O) groups is 1. The number of fused-ring (bicyclic) bond motifs is 1. The zero-order valence-electron chi connectivity index (χ0n) is 20.2. The average Bonchev–Trinajstić information content (AvgIpc) is 3.18. The van der Waals surface area contributed by atoms with Crippen molar-refractivity contribution in [1.82, 2.24) is 0 Å². The van der Waals surface area contributed by atoms with Crippen LogP contribution >= 0.6 is 11.3 Å². The Bertz CT molecular complexity index is 650. The number of aliphatic imine (C=N–C) groups is 1. The fraction of sp³-hybridized carbons (Fsp3) is 0.778. The van der Waals surface area contributed by atoms with Crippen molar-refractivity contribution in [2.45, 2.75) is 129 Å². The van der Waals surface area contributed by atoms with Crippen LogP contribution in [-0.2, 0) is 0 Å². The van der Waals surface area contributed by atoms with Gasteiger partial charge in [-0.25, -0.2) is 4.99 Å². The van der Waals surface area contributed by atoms with Crippen molar-refractivity contribution in [3.05, 3.63) is 11.6 Å². The first-order valence-electron chi connectivity index (χ1n) is 13.1. The van der Waals surface area contributed by atoms with E-state index in [-0.39, 0.29) is 5.78 Å². The highest BCUT2D eigenvalue weighted by molar-refractivity contribution is 7.18. The number of carbonyl (C=O) groups excluding carboxylic acids is 1. The van der Waals surface area contributed by atoms with Gasteiger partial charge in [0.1, 0.15) is 5.00 Å². The van der Waals surface area contributed by atoms with Crippen LogP contribution in [0.25, 0.3) is 0 Å². The molecule has 1 aliphatic rings. The molecule has 0 aromatic carbocycles. The quantitative estimate of drug-likeness (QED) is 0.198. The molecule has 1 aromatic heterocycles. The monoisotopic (exact) mass is 447 g/mol. The molecule has 0 aliphatic carbocycles. The summed E-state index contributed by atoms with van der Waals surface area (Å²) in [5, 5.41) is 1.73. The minimum absolute atomic E-state index is 0.219. The van der Waals surface area contributed by atoms with Gasteiger partial charge >= 0.3 is 0 Å². The highest BCUT2D eigenvalue weighted by atomic mass is 32.1. The van der Waals surface area contributed by atoms with Gasteiger partial charge < -0.3 is 4.74 Å². The first-order valence-corrected chi connectivity index (χ1v) is 13.9. The zero-order chi connectivity index (χ0) is 22.2. The second-order valence-corrected chi connectivity index (χ2v) is 10.1. The Morgan fingerprint density at radius 2 is 1.35 bits per heavy atom. The number of hydrogen-bond donors (Lipinski definition) is 0. The first kappa shape index (κ1) is 26.1. The van der Waals surface area contributed by atoms with Crippen molar-refractivity contribution in [1.29, 1.82) is 0 Å². The maximum Gasteiger partial charge on any atom is 0.176 e. The van der Waals surface area contributed by atoms with Crippen molar-refractivity contribution in [3.63, 3.8) is 0 Å². The smallest absolute Gasteiger partial charge is 0.176 e. The molecule has 0 amide bonds. The van der Waals surface area contributed by atoms with Crippen molar-refractivity contribution in [2.24, 2.45) is 4.99 Å². The summed E-state index contributed by atoms with van der Waals surface area (Å²) in [6.07, 6.45) is 22.4. The minimum Gasteiger partial charge on any atom is -0.484 e. The second kappa shape index (κ2) is 16.5. The van der Waals surface area contributed by atoms with E-state index < -0.39 is 0 Å². The Hall–Kier alpha value is -1.16. The number of ether oxygens (including phenoxy) is 1. The number of unbranched alkanes of at least 4 members (excludes halogenated alkanes) is 14. The molecule has 0 fully saturated rings. The molecule has 3 nitrogen and oxygen atoms in total. The lowest BCUT2D eigenvalue weighted by Gasteiger charge is -2.10. The first-order chi connectivity index (χ1) is 15.2. The molecule has 2 rings (SSSR count). The van der Waals surface area contributed by atoms with E-state index in [9.17, 15) is 4.79 Å². The van der Waals surface area contributed by atoms with E-state index in [4.69, 9.17) is 9.73 Å². The molecule has 0 saturated heterocycles. The van der Waals surface area contributed by atoms with Gasteiger partial charge in [0.05, 0.1) is 12.2 Å². The summed E-state index contributed by atoms with van der Waals surface area (Å²) < 4.78 is 5.95. The van der Waals surface area contributed by atoms with E-state index in [1.807, 2.05) is 6.07 Å². The SMILES string of the molecule is CCCCCCCCCCCCOc1cc2c(s1)N=C(CCCCCCCC)CC2=O. The van der Waals surface area contributed by atoms with Crippen LogP contribution in [0.3, 0.4) is 0 Å². The summed E-state index contributed by atoms with van der Waals surface area (Å²) in [6.45, 7) is 5.27. The number of thiophene rings is 1. The fourth-order valence-corrected chi connectivity index (χ4v) is 5.16. The van der Waals surface area contributed by atoms with Crippen LogP contribution in [0.4, 0.5) is 5.00 Å². The van der Waals surface area contributed by atoms with Crippen LogP contribution in [0, 0.1) is 0 Å². The van der Waals surface area contributed by atoms with Gasteiger partial charge in [-0.05, 0) is 19.3 Å². The zero-order valence-corrected chi connectivity index (χ0v) is 21.0. The third-order valence-corrected chi connectivity index (χ3v) is 7.12. The van der Waals surface area contributed by atoms with E-state index in [2.05, 4.69) is 13.8 Å². The molecule has 0 bridgehead atoms. The lowest BCUT2D eigenvalue weighted by molar-refractivity contribution is 0.0999. The predicted molar refractivity (Wildman–Crippen MR) is 136 cm³/mol. The van der Waals surface area contributed by atoms with E-state index in [1.54, 1.807) is 11.3 Å². The van der Waals surface area contributed by atoms with Crippen LogP contribution in [0.1, 0.15) is 140 Å². The van der Waals surface area contributed by atoms with Gasteiger partial charge in [0.2, 0.25) is 0 Å². The molecule has 0 radical (unpaired) electrons. The Labute approximate surface area is 195 Å². The maximum atomic E-state index is 12.5. The molecule has 0 spiro atoms. The highest BCUT2D eigenvalue weighted by Gasteiger charge is 2.23. The Kier molecular flexibility index (Phi) is 13.9. The molecule has 1 aromatic rings. The topological polar surface area (TPSA) is 38.7 Å². The van der Waals surface area contributed by atoms with Crippen molar-refractivity contribution >= 4 is 27.8 Å². The van der Waals surface area contributed by atoms with Crippen LogP contribution in [0.2, 0.25) is 0 Å². The summed E-state index contributed by atoms with van der Waals surface area (Å²) in [7, 11) is 0. The number of nitrogens with zero attached hydrogens (tertiary/aromatic N) is 1. The molecule has 0 saturated carbocycles. The van der Waals surface area contributed by atoms with E-state index in [0.717, 1.165) is 47.2 Å². The molecule has 0 atom stereocenters. The molecule has 2 heterocycles. The summed E-state index contributed by atoms with van der Waals surface area (Å²) in [5.74, 6) is 0.219. The van der Waals surface area contributed by atoms with Crippen LogP contribution < -0.4 is 4.74 Å². The molecular formula is C27H45NO2S. The van der Waals surface area contributed by atoms with Crippen LogP contribution in [0.5, 0.6) is 5.06 Å². The largest absolute Gasteiger partial charge is 0.484 e. The summed E-state index contributed by atoms with van der Waals surface area (Å²) in [4.78, 5) is 17.3. The number of ketones is 1. The van der Waals surface area contributed by atoms with E-state index in [1.165, 1.54) is 89.9 Å². The highest BCUT2D eigenvalue weighted by Crippen LogP contribution is 2.40. The van der Waals surface area contributed by atoms with Crippen molar-refractivity contribution in [2.75, 3.05) is 6.61 Å². The molecule has 31 heavy (non-hydrogen) atoms. The molecule has 0 N–H and O–H groups in total. The summed E-state index contributed by atoms with van der Waals surface area (Å²) in [5.41, 5.74) is 1.84. The van der Waals surface area contributed by atoms with Gasteiger partial charge in [-0.1, -0.05) is 115 Å². The molecule has 176 valence electrons. The average molecular weight is 448 g/mol. The fourth-order valence-electron chi connectivity index (χ4n) is 4.19. The van der Waals surface area contributed by atoms with Crippen molar-refractivity contribution in [3.8, 4) is 5.06 Å². The van der Waals surface area contributed by atoms with E-state index in [0.29, 0.717) is 6.42 Å². The van der Waals surface area contributed by atoms with Crippen molar-refractivity contribution < 1.29 is 9.53 Å². The Balaban J connectivity index is 1.59. The van der Waals surface area contributed by atoms with Gasteiger partial charge in [0, 0.05) is 18.2 Å². The van der Waals surface area contributed by atoms with Gasteiger partial charge in [-0.15, -0.1) is 0 Å². The third kappa shape index (κ3) is 10.8. The van der Waals surface area contributed by atoms with Gasteiger partial charge in [0.25, 0.3) is 0 Å². The number of hydrogen-bond acceptors (Lipinski definition) is 4. The Morgan fingerprint density at radius 3 is 1.97 bits per heavy atom. The lowest BCUT2D eigenvalue weighted by atomic mass is 10.00. The molecule has 4 heteroatoms. The summed E-state index contributed by atoms with van der Waals surface area (Å²) >= 11 is 1.54. The number of rotatable bonds is 19. The van der Waals surface area contributed by atoms with Gasteiger partial charge in [0.15, 0.2) is 10.8 Å². The standard InChI is InChI=1S/C27H45NO2S/c1-3-5-7-9-11-12-13-14-16-18-20-30-26-22-24-25(29)21-23(28-27(24)31-26)19-17-15-10-8-6-4-2/h22H,3-21H2,1-2H3. The number of Topliss-reactive ketones (excluding diaryl/α,β-unsaturated/α-hetero) is 1. The molecular weight excluding hydrogens is 402 g/mol. The molecule has 1 aliphatic heterocycles. The minimum atomic E-state index is 0.219. The maximum absolute atomic E-state index is 12.5. The second-order valence-electron chi connectivity index (χ2n) is 9.11. The normalized spacial score (nSPS) is 13.4. The third-order valence-electron chi connectivity index (χ3n) is 6.18. The predicted octanol–water partition coefficient (Wildman–Crippen LogP) is 9.46. The van der Waals surface area contributed by atoms with Crippen LogP contribution in [-0.4, -0.2) is 18.1 Å². The Morgan fingerprint density at radius 1 is 0.806 bits per heavy atom. The van der Waals surface area contributed by atoms with E-state index >= 15 is 0 Å². The van der Waals surface area contributed by atoms with Crippen LogP contribution in [0.15, 0.2) is 11.1 Å². The van der Waals surface area contributed by atoms with Gasteiger partial charge in [-0.2, -0.15) is 0 Å². The molecule has 0 unspecified atom stereocenters. The van der Waals surface area contributed by atoms with Gasteiger partial charge in [-0.3, -0.25) is 4.79 Å².